The molecule has 2 aromatic carbocycles. The third-order valence-corrected chi connectivity index (χ3v) is 7.31. The van der Waals surface area contributed by atoms with Crippen LogP contribution in [0.2, 0.25) is 0 Å². The van der Waals surface area contributed by atoms with Crippen molar-refractivity contribution in [2.24, 2.45) is 0 Å². The highest BCUT2D eigenvalue weighted by Gasteiger charge is 2.30. The Morgan fingerprint density at radius 1 is 1.15 bits per heavy atom. The molecule has 3 rings (SSSR count). The second-order valence-electron chi connectivity index (χ2n) is 6.39. The minimum Gasteiger partial charge on any atom is -0.311 e. The van der Waals surface area contributed by atoms with Gasteiger partial charge in [0.15, 0.2) is 0 Å². The molecule has 1 atom stereocenters. The SMILES string of the molecule is CC(Sc1ccccc1)C(=O)N1CCc2cc(S(=O)(=O)N(C)C)ccc21. The van der Waals surface area contributed by atoms with Gasteiger partial charge in [0, 0.05) is 31.2 Å². The second kappa shape index (κ2) is 7.42. The number of hydrogen-bond donors (Lipinski definition) is 0. The topological polar surface area (TPSA) is 57.7 Å². The molecule has 5 nitrogen and oxygen atoms in total. The van der Waals surface area contributed by atoms with Crippen molar-refractivity contribution < 1.29 is 13.2 Å². The Kier molecular flexibility index (Phi) is 5.41. The number of rotatable bonds is 5. The van der Waals surface area contributed by atoms with E-state index in [9.17, 15) is 13.2 Å². The quantitative estimate of drug-likeness (QED) is 0.737. The molecule has 0 radical (unpaired) electrons. The Bertz CT molecular complexity index is 912. The zero-order valence-corrected chi connectivity index (χ0v) is 16.7. The summed E-state index contributed by atoms with van der Waals surface area (Å²) in [6.45, 7) is 2.49. The van der Waals surface area contributed by atoms with E-state index < -0.39 is 10.0 Å². The van der Waals surface area contributed by atoms with Gasteiger partial charge in [-0.1, -0.05) is 18.2 Å². The standard InChI is InChI=1S/C19H22N2O3S2/c1-14(25-16-7-5-4-6-8-16)19(22)21-12-11-15-13-17(9-10-18(15)21)26(23,24)20(2)3/h4-10,13-14H,11-12H2,1-3H3. The maximum Gasteiger partial charge on any atom is 0.242 e. The van der Waals surface area contributed by atoms with Crippen LogP contribution in [0.3, 0.4) is 0 Å². The predicted molar refractivity (Wildman–Crippen MR) is 105 cm³/mol. The molecule has 138 valence electrons. The summed E-state index contributed by atoms with van der Waals surface area (Å²) in [5.74, 6) is 0.0424. The number of fused-ring (bicyclic) bond motifs is 1. The van der Waals surface area contributed by atoms with Gasteiger partial charge in [0.1, 0.15) is 0 Å². The number of benzene rings is 2. The molecule has 0 spiro atoms. The lowest BCUT2D eigenvalue weighted by atomic mass is 10.2. The molecule has 0 saturated carbocycles. The van der Waals surface area contributed by atoms with Crippen molar-refractivity contribution in [3.8, 4) is 0 Å². The smallest absolute Gasteiger partial charge is 0.242 e. The molecule has 26 heavy (non-hydrogen) atoms. The average Bonchev–Trinajstić information content (AvgIpc) is 3.04. The van der Waals surface area contributed by atoms with E-state index in [0.29, 0.717) is 13.0 Å². The van der Waals surface area contributed by atoms with Crippen molar-refractivity contribution in [2.75, 3.05) is 25.5 Å². The van der Waals surface area contributed by atoms with Gasteiger partial charge in [-0.25, -0.2) is 12.7 Å². The van der Waals surface area contributed by atoms with Crippen LogP contribution in [0, 0.1) is 0 Å². The highest BCUT2D eigenvalue weighted by Crippen LogP contribution is 2.33. The normalized spacial score (nSPS) is 15.2. The fourth-order valence-electron chi connectivity index (χ4n) is 2.95. The molecule has 7 heteroatoms. The first-order chi connectivity index (χ1) is 12.3. The lowest BCUT2D eigenvalue weighted by Crippen LogP contribution is -2.35. The third kappa shape index (κ3) is 3.65. The number of thioether (sulfide) groups is 1. The van der Waals surface area contributed by atoms with Crippen molar-refractivity contribution in [2.45, 2.75) is 28.4 Å². The van der Waals surface area contributed by atoms with Gasteiger partial charge in [-0.05, 0) is 49.2 Å². The van der Waals surface area contributed by atoms with E-state index in [4.69, 9.17) is 0 Å². The van der Waals surface area contributed by atoms with Gasteiger partial charge in [-0.15, -0.1) is 11.8 Å². The van der Waals surface area contributed by atoms with Gasteiger partial charge in [-0.3, -0.25) is 4.79 Å². The molecule has 0 bridgehead atoms. The molecular formula is C19H22N2O3S2. The van der Waals surface area contributed by atoms with Crippen LogP contribution in [0.5, 0.6) is 0 Å². The first-order valence-electron chi connectivity index (χ1n) is 8.39. The van der Waals surface area contributed by atoms with Crippen LogP contribution in [0.25, 0.3) is 0 Å². The molecule has 1 aliphatic heterocycles. The zero-order valence-electron chi connectivity index (χ0n) is 15.0. The van der Waals surface area contributed by atoms with Crippen molar-refractivity contribution in [1.82, 2.24) is 4.31 Å². The molecule has 0 aliphatic carbocycles. The van der Waals surface area contributed by atoms with Gasteiger partial charge in [0.25, 0.3) is 0 Å². The summed E-state index contributed by atoms with van der Waals surface area (Å²) in [6, 6.07) is 14.9. The molecule has 1 heterocycles. The Labute approximate surface area is 159 Å². The first-order valence-corrected chi connectivity index (χ1v) is 10.7. The summed E-state index contributed by atoms with van der Waals surface area (Å²) < 4.78 is 25.8. The maximum atomic E-state index is 12.9. The van der Waals surface area contributed by atoms with Crippen LogP contribution in [-0.4, -0.2) is 44.5 Å². The number of amides is 1. The Balaban J connectivity index is 1.80. The summed E-state index contributed by atoms with van der Waals surface area (Å²) in [7, 11) is -0.438. The zero-order chi connectivity index (χ0) is 18.9. The average molecular weight is 391 g/mol. The van der Waals surface area contributed by atoms with Gasteiger partial charge >= 0.3 is 0 Å². The molecule has 2 aromatic rings. The summed E-state index contributed by atoms with van der Waals surface area (Å²) in [5.41, 5.74) is 1.71. The van der Waals surface area contributed by atoms with Crippen LogP contribution < -0.4 is 4.90 Å². The number of carbonyl (C=O) groups is 1. The lowest BCUT2D eigenvalue weighted by Gasteiger charge is -2.22. The molecule has 0 aromatic heterocycles. The monoisotopic (exact) mass is 390 g/mol. The van der Waals surface area contributed by atoms with Crippen LogP contribution in [0.1, 0.15) is 12.5 Å². The fraction of sp³-hybridized carbons (Fsp3) is 0.316. The van der Waals surface area contributed by atoms with E-state index in [2.05, 4.69) is 0 Å². The highest BCUT2D eigenvalue weighted by atomic mass is 32.2. The van der Waals surface area contributed by atoms with E-state index >= 15 is 0 Å². The first kappa shape index (κ1) is 18.9. The summed E-state index contributed by atoms with van der Waals surface area (Å²) in [5, 5.41) is -0.214. The Hall–Kier alpha value is -1.83. The van der Waals surface area contributed by atoms with Crippen LogP contribution in [0.4, 0.5) is 5.69 Å². The van der Waals surface area contributed by atoms with Crippen LogP contribution in [0.15, 0.2) is 58.3 Å². The minimum absolute atomic E-state index is 0.0424. The van der Waals surface area contributed by atoms with E-state index in [0.717, 1.165) is 16.1 Å². The molecule has 0 fully saturated rings. The van der Waals surface area contributed by atoms with Gasteiger partial charge in [0.05, 0.1) is 10.1 Å². The number of hydrogen-bond acceptors (Lipinski definition) is 4. The van der Waals surface area contributed by atoms with Gasteiger partial charge in [0.2, 0.25) is 15.9 Å². The van der Waals surface area contributed by atoms with Crippen molar-refractivity contribution in [3.63, 3.8) is 0 Å². The van der Waals surface area contributed by atoms with Gasteiger partial charge in [-0.2, -0.15) is 0 Å². The Morgan fingerprint density at radius 3 is 2.50 bits per heavy atom. The number of anilines is 1. The van der Waals surface area contributed by atoms with Gasteiger partial charge < -0.3 is 4.90 Å². The van der Waals surface area contributed by atoms with Crippen molar-refractivity contribution >= 4 is 33.4 Å². The minimum atomic E-state index is -3.47. The molecular weight excluding hydrogens is 368 g/mol. The third-order valence-electron chi connectivity index (χ3n) is 4.39. The van der Waals surface area contributed by atoms with E-state index in [1.54, 1.807) is 23.1 Å². The lowest BCUT2D eigenvalue weighted by molar-refractivity contribution is -0.117. The van der Waals surface area contributed by atoms with Crippen LogP contribution in [-0.2, 0) is 21.2 Å². The maximum absolute atomic E-state index is 12.9. The molecule has 0 N–H and O–H groups in total. The predicted octanol–water partition coefficient (Wildman–Crippen LogP) is 3.01. The fourth-order valence-corrected chi connectivity index (χ4v) is 4.85. The van der Waals surface area contributed by atoms with E-state index in [1.807, 2.05) is 37.3 Å². The number of nitrogens with zero attached hydrogens (tertiary/aromatic N) is 2. The Morgan fingerprint density at radius 2 is 1.85 bits per heavy atom. The summed E-state index contributed by atoms with van der Waals surface area (Å²) in [6.07, 6.45) is 0.667. The summed E-state index contributed by atoms with van der Waals surface area (Å²) >= 11 is 1.53. The molecule has 0 saturated heterocycles. The van der Waals surface area contributed by atoms with Crippen LogP contribution >= 0.6 is 11.8 Å². The van der Waals surface area contributed by atoms with Crippen molar-refractivity contribution in [1.29, 1.82) is 0 Å². The number of sulfonamides is 1. The molecule has 1 amide bonds. The largest absolute Gasteiger partial charge is 0.311 e. The second-order valence-corrected chi connectivity index (χ2v) is 9.96. The van der Waals surface area contributed by atoms with E-state index in [-0.39, 0.29) is 16.1 Å². The van der Waals surface area contributed by atoms with Crippen molar-refractivity contribution in [3.05, 3.63) is 54.1 Å². The molecule has 1 aliphatic rings. The summed E-state index contributed by atoms with van der Waals surface area (Å²) in [4.78, 5) is 16.0. The molecule has 1 unspecified atom stereocenters. The number of carbonyl (C=O) groups excluding carboxylic acids is 1. The van der Waals surface area contributed by atoms with E-state index in [1.165, 1.54) is 30.2 Å². The highest BCUT2D eigenvalue weighted by molar-refractivity contribution is 8.00.